The molecule has 2 aliphatic rings. The minimum atomic E-state index is -0.980. The highest BCUT2D eigenvalue weighted by Gasteiger charge is 2.49. The van der Waals surface area contributed by atoms with Crippen LogP contribution in [0, 0.1) is 0 Å². The first-order valence-electron chi connectivity index (χ1n) is 7.66. The van der Waals surface area contributed by atoms with Crippen LogP contribution in [0.4, 0.5) is 0 Å². The van der Waals surface area contributed by atoms with E-state index in [0.717, 1.165) is 0 Å². The van der Waals surface area contributed by atoms with E-state index in [2.05, 4.69) is 20.1 Å². The molecule has 10 nitrogen and oxygen atoms in total. The Balaban J connectivity index is 1.87. The van der Waals surface area contributed by atoms with Crippen LogP contribution in [-0.4, -0.2) is 74.5 Å². The van der Waals surface area contributed by atoms with Gasteiger partial charge in [0.25, 0.3) is 0 Å². The summed E-state index contributed by atoms with van der Waals surface area (Å²) in [6.45, 7) is 3.61. The van der Waals surface area contributed by atoms with E-state index in [0.29, 0.717) is 0 Å². The quantitative estimate of drug-likeness (QED) is 0.437. The predicted octanol–water partition coefficient (Wildman–Crippen LogP) is -2.12. The number of esters is 2. The number of ether oxygens (including phenoxy) is 4. The molecule has 4 atom stereocenters. The third-order valence-electron chi connectivity index (χ3n) is 3.61. The van der Waals surface area contributed by atoms with Crippen molar-refractivity contribution >= 4 is 23.8 Å². The number of nitrogens with one attached hydrogen (secondary N) is 2. The molecule has 0 bridgehead atoms. The number of amides is 2. The monoisotopic (exact) mass is 344 g/mol. The van der Waals surface area contributed by atoms with Gasteiger partial charge in [-0.2, -0.15) is 0 Å². The van der Waals surface area contributed by atoms with Crippen LogP contribution in [0.5, 0.6) is 0 Å². The highest BCUT2D eigenvalue weighted by atomic mass is 16.6. The highest BCUT2D eigenvalue weighted by Crippen LogP contribution is 2.27. The van der Waals surface area contributed by atoms with Gasteiger partial charge in [0.05, 0.1) is 38.5 Å². The summed E-state index contributed by atoms with van der Waals surface area (Å²) in [5.74, 6) is -3.72. The average Bonchev–Trinajstić information content (AvgIpc) is 3.11. The Labute approximate surface area is 138 Å². The SMILES string of the molecule is CCOC(=O)C(=O)N[C@H]1CO[C@H]2[C@@H]1OC[C@@H]2NC(=O)C(=O)OCC. The molecule has 0 aromatic carbocycles. The maximum atomic E-state index is 11.7. The van der Waals surface area contributed by atoms with Crippen LogP contribution in [0.2, 0.25) is 0 Å². The van der Waals surface area contributed by atoms with E-state index >= 15 is 0 Å². The first kappa shape index (κ1) is 18.1. The lowest BCUT2D eigenvalue weighted by molar-refractivity contribution is -0.155. The molecule has 0 aliphatic carbocycles. The number of carbonyl (C=O) groups excluding carboxylic acids is 4. The molecule has 0 radical (unpaired) electrons. The molecule has 2 rings (SSSR count). The second-order valence-electron chi connectivity index (χ2n) is 5.20. The average molecular weight is 344 g/mol. The topological polar surface area (TPSA) is 129 Å². The van der Waals surface area contributed by atoms with Gasteiger partial charge in [-0.1, -0.05) is 0 Å². The van der Waals surface area contributed by atoms with Gasteiger partial charge in [-0.3, -0.25) is 9.59 Å². The summed E-state index contributed by atoms with van der Waals surface area (Å²) in [7, 11) is 0. The van der Waals surface area contributed by atoms with E-state index in [9.17, 15) is 19.2 Å². The maximum Gasteiger partial charge on any atom is 0.396 e. The fourth-order valence-electron chi connectivity index (χ4n) is 2.59. The number of rotatable bonds is 4. The zero-order valence-corrected chi connectivity index (χ0v) is 13.4. The number of fused-ring (bicyclic) bond motifs is 1. The number of carbonyl (C=O) groups is 4. The molecule has 2 amide bonds. The highest BCUT2D eigenvalue weighted by molar-refractivity contribution is 6.33. The second-order valence-corrected chi connectivity index (χ2v) is 5.20. The second kappa shape index (κ2) is 8.06. The van der Waals surface area contributed by atoms with E-state index in [4.69, 9.17) is 9.47 Å². The molecule has 2 N–H and O–H groups in total. The minimum absolute atomic E-state index is 0.0952. The Morgan fingerprint density at radius 1 is 0.833 bits per heavy atom. The molecule has 2 heterocycles. The normalized spacial score (nSPS) is 27.9. The third kappa shape index (κ3) is 4.01. The lowest BCUT2D eigenvalue weighted by atomic mass is 10.1. The van der Waals surface area contributed by atoms with Crippen LogP contribution in [-0.2, 0) is 38.1 Å². The van der Waals surface area contributed by atoms with Crippen molar-refractivity contribution in [3.05, 3.63) is 0 Å². The Hall–Kier alpha value is -2.20. The Kier molecular flexibility index (Phi) is 6.10. The van der Waals surface area contributed by atoms with Crippen LogP contribution < -0.4 is 10.6 Å². The predicted molar refractivity (Wildman–Crippen MR) is 76.6 cm³/mol. The molecule has 0 spiro atoms. The number of hydrogen-bond acceptors (Lipinski definition) is 8. The molecular weight excluding hydrogens is 324 g/mol. The van der Waals surface area contributed by atoms with Gasteiger partial charge in [0, 0.05) is 0 Å². The van der Waals surface area contributed by atoms with E-state index in [1.54, 1.807) is 13.8 Å². The third-order valence-corrected chi connectivity index (χ3v) is 3.61. The van der Waals surface area contributed by atoms with E-state index in [1.165, 1.54) is 0 Å². The summed E-state index contributed by atoms with van der Waals surface area (Å²) in [5, 5.41) is 4.97. The van der Waals surface area contributed by atoms with Gasteiger partial charge in [-0.05, 0) is 13.8 Å². The van der Waals surface area contributed by atoms with Gasteiger partial charge in [0.1, 0.15) is 12.2 Å². The van der Waals surface area contributed by atoms with Crippen molar-refractivity contribution in [2.45, 2.75) is 38.1 Å². The Morgan fingerprint density at radius 3 is 1.54 bits per heavy atom. The van der Waals surface area contributed by atoms with Crippen molar-refractivity contribution in [2.24, 2.45) is 0 Å². The largest absolute Gasteiger partial charge is 0.459 e. The van der Waals surface area contributed by atoms with Crippen LogP contribution in [0.15, 0.2) is 0 Å². The summed E-state index contributed by atoms with van der Waals surface area (Å²) < 4.78 is 20.3. The van der Waals surface area contributed by atoms with Crippen molar-refractivity contribution in [3.8, 4) is 0 Å². The molecule has 0 saturated carbocycles. The summed E-state index contributed by atoms with van der Waals surface area (Å²) in [6, 6.07) is -1.09. The fraction of sp³-hybridized carbons (Fsp3) is 0.714. The van der Waals surface area contributed by atoms with Crippen molar-refractivity contribution in [2.75, 3.05) is 26.4 Å². The Bertz CT molecular complexity index is 477. The van der Waals surface area contributed by atoms with Crippen LogP contribution >= 0.6 is 0 Å². The molecule has 24 heavy (non-hydrogen) atoms. The first-order chi connectivity index (χ1) is 11.5. The molecule has 2 aliphatic heterocycles. The van der Waals surface area contributed by atoms with Crippen LogP contribution in [0.1, 0.15) is 13.8 Å². The zero-order valence-electron chi connectivity index (χ0n) is 13.4. The van der Waals surface area contributed by atoms with Crippen molar-refractivity contribution in [3.63, 3.8) is 0 Å². The molecule has 2 saturated heterocycles. The smallest absolute Gasteiger partial charge is 0.396 e. The van der Waals surface area contributed by atoms with E-state index in [1.807, 2.05) is 0 Å². The molecular formula is C14H20N2O8. The minimum Gasteiger partial charge on any atom is -0.459 e. The fourth-order valence-corrected chi connectivity index (χ4v) is 2.59. The molecule has 0 aromatic heterocycles. The van der Waals surface area contributed by atoms with Gasteiger partial charge < -0.3 is 29.6 Å². The van der Waals surface area contributed by atoms with Gasteiger partial charge in [0.2, 0.25) is 0 Å². The van der Waals surface area contributed by atoms with E-state index in [-0.39, 0.29) is 26.4 Å². The van der Waals surface area contributed by atoms with Crippen molar-refractivity contribution in [1.29, 1.82) is 0 Å². The van der Waals surface area contributed by atoms with Gasteiger partial charge in [0.15, 0.2) is 0 Å². The van der Waals surface area contributed by atoms with Gasteiger partial charge >= 0.3 is 23.8 Å². The standard InChI is InChI=1S/C14H20N2O8/c1-3-21-13(19)11(17)15-7-5-23-10-8(6-24-9(7)10)16-12(18)14(20)22-4-2/h7-10H,3-6H2,1-2H3,(H,15,17)(H,16,18)/t7-,8-,9+,10+/m0/s1. The van der Waals surface area contributed by atoms with E-state index < -0.39 is 48.0 Å². The van der Waals surface area contributed by atoms with Crippen molar-refractivity contribution < 1.29 is 38.1 Å². The molecule has 0 aromatic rings. The summed E-state index contributed by atoms with van der Waals surface area (Å²) in [4.78, 5) is 46.0. The zero-order chi connectivity index (χ0) is 17.7. The van der Waals surface area contributed by atoms with Gasteiger partial charge in [-0.15, -0.1) is 0 Å². The summed E-state index contributed by atoms with van der Waals surface area (Å²) in [5.41, 5.74) is 0. The summed E-state index contributed by atoms with van der Waals surface area (Å²) >= 11 is 0. The van der Waals surface area contributed by atoms with Gasteiger partial charge in [-0.25, -0.2) is 9.59 Å². The molecule has 134 valence electrons. The lowest BCUT2D eigenvalue weighted by Gasteiger charge is -2.17. The molecule has 2 fully saturated rings. The Morgan fingerprint density at radius 2 is 1.21 bits per heavy atom. The lowest BCUT2D eigenvalue weighted by Crippen LogP contribution is -2.49. The van der Waals surface area contributed by atoms with Crippen LogP contribution in [0.25, 0.3) is 0 Å². The van der Waals surface area contributed by atoms with Crippen molar-refractivity contribution in [1.82, 2.24) is 10.6 Å². The maximum absolute atomic E-state index is 11.7. The molecule has 10 heteroatoms. The summed E-state index contributed by atoms with van der Waals surface area (Å²) in [6.07, 6.45) is -1.06. The number of hydrogen-bond donors (Lipinski definition) is 2. The van der Waals surface area contributed by atoms with Crippen LogP contribution in [0.3, 0.4) is 0 Å². The molecule has 0 unspecified atom stereocenters. The first-order valence-corrected chi connectivity index (χ1v) is 7.66.